The summed E-state index contributed by atoms with van der Waals surface area (Å²) in [5.41, 5.74) is 0. The maximum absolute atomic E-state index is 6.20. The molecule has 0 radical (unpaired) electrons. The highest BCUT2D eigenvalue weighted by Crippen LogP contribution is 2.30. The molecule has 1 N–H and O–H groups in total. The molecule has 0 amide bonds. The molecule has 2 rings (SSSR count). The quantitative estimate of drug-likeness (QED) is 0.841. The van der Waals surface area contributed by atoms with Gasteiger partial charge in [-0.05, 0) is 26.3 Å². The SMILES string of the molecule is CNC1CCCCCC1Oc1cc(OC)cc(OC)c1. The van der Waals surface area contributed by atoms with Crippen molar-refractivity contribution in [2.45, 2.75) is 44.2 Å². The van der Waals surface area contributed by atoms with Crippen molar-refractivity contribution >= 4 is 0 Å². The lowest BCUT2D eigenvalue weighted by Crippen LogP contribution is -2.40. The third-order valence-corrected chi connectivity index (χ3v) is 3.94. The van der Waals surface area contributed by atoms with Crippen LogP contribution < -0.4 is 19.5 Å². The third kappa shape index (κ3) is 3.79. The first-order valence-electron chi connectivity index (χ1n) is 7.34. The first kappa shape index (κ1) is 15.0. The molecular weight excluding hydrogens is 254 g/mol. The summed E-state index contributed by atoms with van der Waals surface area (Å²) in [5, 5.41) is 3.38. The Labute approximate surface area is 121 Å². The van der Waals surface area contributed by atoms with Gasteiger partial charge in [0.15, 0.2) is 0 Å². The molecule has 0 heterocycles. The van der Waals surface area contributed by atoms with E-state index in [9.17, 15) is 0 Å². The smallest absolute Gasteiger partial charge is 0.127 e. The van der Waals surface area contributed by atoms with Crippen LogP contribution in [0.15, 0.2) is 18.2 Å². The van der Waals surface area contributed by atoms with Gasteiger partial charge < -0.3 is 19.5 Å². The number of ether oxygens (including phenoxy) is 3. The maximum Gasteiger partial charge on any atom is 0.127 e. The monoisotopic (exact) mass is 279 g/mol. The maximum atomic E-state index is 6.20. The molecule has 20 heavy (non-hydrogen) atoms. The summed E-state index contributed by atoms with van der Waals surface area (Å²) in [6.45, 7) is 0. The standard InChI is InChI=1S/C16H25NO3/c1-17-15-7-5-4-6-8-16(15)20-14-10-12(18-2)9-13(11-14)19-3/h9-11,15-17H,4-8H2,1-3H3. The highest BCUT2D eigenvalue weighted by molar-refractivity contribution is 5.42. The molecular formula is C16H25NO3. The fraction of sp³-hybridized carbons (Fsp3) is 0.625. The van der Waals surface area contributed by atoms with E-state index in [4.69, 9.17) is 14.2 Å². The number of nitrogens with one attached hydrogen (secondary N) is 1. The van der Waals surface area contributed by atoms with Crippen molar-refractivity contribution in [1.82, 2.24) is 5.32 Å². The van der Waals surface area contributed by atoms with Gasteiger partial charge in [0.25, 0.3) is 0 Å². The predicted octanol–water partition coefficient (Wildman–Crippen LogP) is 3.00. The van der Waals surface area contributed by atoms with E-state index in [0.29, 0.717) is 6.04 Å². The fourth-order valence-corrected chi connectivity index (χ4v) is 2.77. The first-order valence-corrected chi connectivity index (χ1v) is 7.34. The molecule has 1 aliphatic rings. The van der Waals surface area contributed by atoms with Gasteiger partial charge in [-0.15, -0.1) is 0 Å². The number of benzene rings is 1. The third-order valence-electron chi connectivity index (χ3n) is 3.94. The second-order valence-corrected chi connectivity index (χ2v) is 5.24. The molecule has 1 aromatic carbocycles. The van der Waals surface area contributed by atoms with Crippen molar-refractivity contribution in [3.05, 3.63) is 18.2 Å². The molecule has 2 atom stereocenters. The lowest BCUT2D eigenvalue weighted by atomic mass is 10.1. The molecule has 4 nitrogen and oxygen atoms in total. The zero-order chi connectivity index (χ0) is 14.4. The second-order valence-electron chi connectivity index (χ2n) is 5.24. The van der Waals surface area contributed by atoms with Crippen LogP contribution in [0.1, 0.15) is 32.1 Å². The van der Waals surface area contributed by atoms with Crippen LogP contribution in [-0.4, -0.2) is 33.4 Å². The van der Waals surface area contributed by atoms with Crippen LogP contribution >= 0.6 is 0 Å². The summed E-state index contributed by atoms with van der Waals surface area (Å²) in [6.07, 6.45) is 6.25. The van der Waals surface area contributed by atoms with Gasteiger partial charge in [0, 0.05) is 24.2 Å². The molecule has 0 saturated heterocycles. The van der Waals surface area contributed by atoms with E-state index in [1.54, 1.807) is 14.2 Å². The lowest BCUT2D eigenvalue weighted by Gasteiger charge is -2.26. The predicted molar refractivity (Wildman–Crippen MR) is 79.9 cm³/mol. The van der Waals surface area contributed by atoms with Crippen LogP contribution in [0.25, 0.3) is 0 Å². The zero-order valence-electron chi connectivity index (χ0n) is 12.6. The van der Waals surface area contributed by atoms with Gasteiger partial charge in [-0.2, -0.15) is 0 Å². The Morgan fingerprint density at radius 1 is 0.900 bits per heavy atom. The molecule has 0 aliphatic heterocycles. The van der Waals surface area contributed by atoms with E-state index >= 15 is 0 Å². The minimum atomic E-state index is 0.208. The second kappa shape index (κ2) is 7.39. The molecule has 1 saturated carbocycles. The largest absolute Gasteiger partial charge is 0.496 e. The minimum absolute atomic E-state index is 0.208. The van der Waals surface area contributed by atoms with Gasteiger partial charge in [-0.3, -0.25) is 0 Å². The Morgan fingerprint density at radius 3 is 2.10 bits per heavy atom. The molecule has 0 aromatic heterocycles. The fourth-order valence-electron chi connectivity index (χ4n) is 2.77. The van der Waals surface area contributed by atoms with Gasteiger partial charge in [0.05, 0.1) is 14.2 Å². The Bertz CT molecular complexity index is 400. The van der Waals surface area contributed by atoms with E-state index in [1.165, 1.54) is 25.7 Å². The van der Waals surface area contributed by atoms with E-state index in [1.807, 2.05) is 25.2 Å². The lowest BCUT2D eigenvalue weighted by molar-refractivity contribution is 0.148. The van der Waals surface area contributed by atoms with Gasteiger partial charge in [0.2, 0.25) is 0 Å². The average Bonchev–Trinajstić information content (AvgIpc) is 2.71. The first-order chi connectivity index (χ1) is 9.76. The van der Waals surface area contributed by atoms with E-state index in [2.05, 4.69) is 5.32 Å². The minimum Gasteiger partial charge on any atom is -0.496 e. The van der Waals surface area contributed by atoms with Crippen LogP contribution in [0.5, 0.6) is 17.2 Å². The Balaban J connectivity index is 2.14. The van der Waals surface area contributed by atoms with Crippen molar-refractivity contribution in [1.29, 1.82) is 0 Å². The summed E-state index contributed by atoms with van der Waals surface area (Å²) < 4.78 is 16.8. The zero-order valence-corrected chi connectivity index (χ0v) is 12.6. The Hall–Kier alpha value is -1.42. The number of hydrogen-bond donors (Lipinski definition) is 1. The average molecular weight is 279 g/mol. The molecule has 1 fully saturated rings. The number of methoxy groups -OCH3 is 2. The van der Waals surface area contributed by atoms with Gasteiger partial charge in [-0.25, -0.2) is 0 Å². The summed E-state index contributed by atoms with van der Waals surface area (Å²) in [6, 6.07) is 6.10. The molecule has 0 bridgehead atoms. The highest BCUT2D eigenvalue weighted by Gasteiger charge is 2.24. The van der Waals surface area contributed by atoms with Crippen LogP contribution in [-0.2, 0) is 0 Å². The molecule has 0 spiro atoms. The molecule has 2 unspecified atom stereocenters. The van der Waals surface area contributed by atoms with E-state index < -0.39 is 0 Å². The number of rotatable bonds is 5. The van der Waals surface area contributed by atoms with Crippen LogP contribution in [0.4, 0.5) is 0 Å². The van der Waals surface area contributed by atoms with E-state index in [0.717, 1.165) is 23.7 Å². The van der Waals surface area contributed by atoms with Crippen molar-refractivity contribution < 1.29 is 14.2 Å². The normalized spacial score (nSPS) is 22.9. The molecule has 1 aromatic rings. The summed E-state index contributed by atoms with van der Waals surface area (Å²) in [4.78, 5) is 0. The van der Waals surface area contributed by atoms with Crippen LogP contribution in [0, 0.1) is 0 Å². The summed E-state index contributed by atoms with van der Waals surface area (Å²) in [7, 11) is 5.32. The molecule has 4 heteroatoms. The van der Waals surface area contributed by atoms with Crippen LogP contribution in [0.3, 0.4) is 0 Å². The van der Waals surface area contributed by atoms with Gasteiger partial charge in [0.1, 0.15) is 23.4 Å². The van der Waals surface area contributed by atoms with Gasteiger partial charge in [-0.1, -0.05) is 12.8 Å². The van der Waals surface area contributed by atoms with Crippen molar-refractivity contribution in [3.63, 3.8) is 0 Å². The number of hydrogen-bond acceptors (Lipinski definition) is 4. The molecule has 1 aliphatic carbocycles. The number of likely N-dealkylation sites (N-methyl/N-ethyl adjacent to an activating group) is 1. The Kier molecular flexibility index (Phi) is 5.53. The van der Waals surface area contributed by atoms with Crippen molar-refractivity contribution in [3.8, 4) is 17.2 Å². The van der Waals surface area contributed by atoms with Crippen molar-refractivity contribution in [2.75, 3.05) is 21.3 Å². The summed E-state index contributed by atoms with van der Waals surface area (Å²) >= 11 is 0. The van der Waals surface area contributed by atoms with Gasteiger partial charge >= 0.3 is 0 Å². The van der Waals surface area contributed by atoms with Crippen LogP contribution in [0.2, 0.25) is 0 Å². The summed E-state index contributed by atoms with van der Waals surface area (Å²) in [5.74, 6) is 2.33. The molecule has 112 valence electrons. The van der Waals surface area contributed by atoms with E-state index in [-0.39, 0.29) is 6.10 Å². The topological polar surface area (TPSA) is 39.7 Å². The highest BCUT2D eigenvalue weighted by atomic mass is 16.5. The Morgan fingerprint density at radius 2 is 1.50 bits per heavy atom. The van der Waals surface area contributed by atoms with Crippen molar-refractivity contribution in [2.24, 2.45) is 0 Å².